The largest absolute Gasteiger partial charge is 0.460 e. The van der Waals surface area contributed by atoms with E-state index in [0.717, 1.165) is 23.5 Å². The van der Waals surface area contributed by atoms with Crippen LogP contribution in [0.15, 0.2) is 23.2 Å². The Kier molecular flexibility index (Phi) is 4.63. The SMILES string of the molecule is CNC1c2cc(N=C(C)N(C)C)ccc2CC1OC(C)=O. The Morgan fingerprint density at radius 1 is 1.38 bits per heavy atom. The molecule has 0 heterocycles. The predicted molar refractivity (Wildman–Crippen MR) is 84.0 cm³/mol. The summed E-state index contributed by atoms with van der Waals surface area (Å²) < 4.78 is 5.41. The fourth-order valence-corrected chi connectivity index (χ4v) is 2.61. The number of nitrogens with zero attached hydrogens (tertiary/aromatic N) is 2. The van der Waals surface area contributed by atoms with Crippen LogP contribution in [-0.2, 0) is 16.0 Å². The Hall–Kier alpha value is -1.88. The maximum absolute atomic E-state index is 11.2. The number of carbonyl (C=O) groups is 1. The second kappa shape index (κ2) is 6.26. The van der Waals surface area contributed by atoms with Gasteiger partial charge in [-0.15, -0.1) is 0 Å². The molecule has 21 heavy (non-hydrogen) atoms. The van der Waals surface area contributed by atoms with Crippen molar-refractivity contribution in [3.8, 4) is 0 Å². The molecule has 5 heteroatoms. The fraction of sp³-hybridized carbons (Fsp3) is 0.500. The van der Waals surface area contributed by atoms with Gasteiger partial charge in [0, 0.05) is 27.4 Å². The third kappa shape index (κ3) is 3.42. The fourth-order valence-electron chi connectivity index (χ4n) is 2.61. The third-order valence-electron chi connectivity index (χ3n) is 3.82. The average molecular weight is 289 g/mol. The van der Waals surface area contributed by atoms with Crippen LogP contribution in [0.4, 0.5) is 5.69 Å². The topological polar surface area (TPSA) is 53.9 Å². The third-order valence-corrected chi connectivity index (χ3v) is 3.82. The minimum absolute atomic E-state index is 0.0266. The standard InChI is InChI=1S/C16H23N3O2/c1-10(19(4)5)18-13-7-6-12-8-15(21-11(2)20)16(17-3)14(12)9-13/h6-7,9,15-17H,8H2,1-5H3. The summed E-state index contributed by atoms with van der Waals surface area (Å²) in [5.74, 6) is 0.709. The number of amidine groups is 1. The van der Waals surface area contributed by atoms with E-state index < -0.39 is 0 Å². The summed E-state index contributed by atoms with van der Waals surface area (Å²) in [7, 11) is 5.83. The van der Waals surface area contributed by atoms with E-state index in [9.17, 15) is 4.79 Å². The van der Waals surface area contributed by atoms with E-state index in [2.05, 4.69) is 22.4 Å². The van der Waals surface area contributed by atoms with Crippen molar-refractivity contribution in [3.63, 3.8) is 0 Å². The van der Waals surface area contributed by atoms with Gasteiger partial charge in [-0.25, -0.2) is 4.99 Å². The van der Waals surface area contributed by atoms with Crippen LogP contribution in [0.5, 0.6) is 0 Å². The first-order chi connectivity index (χ1) is 9.92. The number of benzene rings is 1. The van der Waals surface area contributed by atoms with Crippen molar-refractivity contribution in [2.45, 2.75) is 32.4 Å². The molecule has 2 rings (SSSR count). The first-order valence-electron chi connectivity index (χ1n) is 7.12. The number of esters is 1. The molecule has 1 aliphatic rings. The molecule has 0 spiro atoms. The van der Waals surface area contributed by atoms with Crippen LogP contribution in [0.25, 0.3) is 0 Å². The van der Waals surface area contributed by atoms with Crippen LogP contribution in [0.2, 0.25) is 0 Å². The molecule has 1 N–H and O–H groups in total. The van der Waals surface area contributed by atoms with E-state index in [1.54, 1.807) is 0 Å². The van der Waals surface area contributed by atoms with Crippen molar-refractivity contribution in [2.75, 3.05) is 21.1 Å². The summed E-state index contributed by atoms with van der Waals surface area (Å²) in [6.45, 7) is 3.43. The molecule has 2 atom stereocenters. The van der Waals surface area contributed by atoms with Crippen LogP contribution in [-0.4, -0.2) is 44.0 Å². The number of aliphatic imine (C=N–C) groups is 1. The first kappa shape index (κ1) is 15.5. The van der Waals surface area contributed by atoms with Gasteiger partial charge >= 0.3 is 5.97 Å². The van der Waals surface area contributed by atoms with Gasteiger partial charge in [0.15, 0.2) is 0 Å². The highest BCUT2D eigenvalue weighted by Gasteiger charge is 2.33. The quantitative estimate of drug-likeness (QED) is 0.525. The Labute approximate surface area is 126 Å². The zero-order valence-corrected chi connectivity index (χ0v) is 13.3. The maximum atomic E-state index is 11.2. The van der Waals surface area contributed by atoms with Crippen LogP contribution in [0.3, 0.4) is 0 Å². The second-order valence-corrected chi connectivity index (χ2v) is 5.55. The number of hydrogen-bond donors (Lipinski definition) is 1. The summed E-state index contributed by atoms with van der Waals surface area (Å²) in [4.78, 5) is 17.8. The highest BCUT2D eigenvalue weighted by atomic mass is 16.5. The second-order valence-electron chi connectivity index (χ2n) is 5.55. The predicted octanol–water partition coefficient (Wildman–Crippen LogP) is 2.05. The summed E-state index contributed by atoms with van der Waals surface area (Å²) in [5, 5.41) is 3.24. The number of nitrogens with one attached hydrogen (secondary N) is 1. The molecular weight excluding hydrogens is 266 g/mol. The number of ether oxygens (including phenoxy) is 1. The molecule has 0 aliphatic heterocycles. The molecule has 0 fully saturated rings. The van der Waals surface area contributed by atoms with Crippen LogP contribution >= 0.6 is 0 Å². The number of likely N-dealkylation sites (N-methyl/N-ethyl adjacent to an activating group) is 1. The number of rotatable bonds is 3. The van der Waals surface area contributed by atoms with Gasteiger partial charge in [0.25, 0.3) is 0 Å². The summed E-state index contributed by atoms with van der Waals surface area (Å²) in [5.41, 5.74) is 3.29. The van der Waals surface area contributed by atoms with Crippen LogP contribution < -0.4 is 5.32 Å². The zero-order valence-electron chi connectivity index (χ0n) is 13.3. The van der Waals surface area contributed by atoms with Crippen molar-refractivity contribution in [1.29, 1.82) is 0 Å². The van der Waals surface area contributed by atoms with Gasteiger partial charge in [-0.2, -0.15) is 0 Å². The molecule has 114 valence electrons. The highest BCUT2D eigenvalue weighted by molar-refractivity contribution is 5.82. The molecule has 0 bridgehead atoms. The Morgan fingerprint density at radius 2 is 2.10 bits per heavy atom. The molecule has 0 amide bonds. The minimum Gasteiger partial charge on any atom is -0.460 e. The molecular formula is C16H23N3O2. The van der Waals surface area contributed by atoms with Gasteiger partial charge in [-0.1, -0.05) is 6.07 Å². The Balaban J connectivity index is 2.30. The first-order valence-corrected chi connectivity index (χ1v) is 7.12. The molecule has 1 aromatic rings. The minimum atomic E-state index is -0.241. The monoisotopic (exact) mass is 289 g/mol. The van der Waals surface area contributed by atoms with Gasteiger partial charge in [-0.05, 0) is 37.2 Å². The van der Waals surface area contributed by atoms with Crippen molar-refractivity contribution in [2.24, 2.45) is 4.99 Å². The summed E-state index contributed by atoms with van der Waals surface area (Å²) in [6, 6.07) is 6.19. The van der Waals surface area contributed by atoms with Gasteiger partial charge in [0.05, 0.1) is 11.7 Å². The number of fused-ring (bicyclic) bond motifs is 1. The molecule has 5 nitrogen and oxygen atoms in total. The van der Waals surface area contributed by atoms with Gasteiger partial charge < -0.3 is 15.0 Å². The van der Waals surface area contributed by atoms with E-state index in [-0.39, 0.29) is 18.1 Å². The Bertz CT molecular complexity index is 567. The van der Waals surface area contributed by atoms with Crippen molar-refractivity contribution < 1.29 is 9.53 Å². The summed E-state index contributed by atoms with van der Waals surface area (Å²) >= 11 is 0. The van der Waals surface area contributed by atoms with E-state index in [0.29, 0.717) is 0 Å². The molecule has 2 unspecified atom stereocenters. The van der Waals surface area contributed by atoms with Crippen molar-refractivity contribution in [1.82, 2.24) is 10.2 Å². The Morgan fingerprint density at radius 3 is 2.67 bits per heavy atom. The molecule has 0 saturated heterocycles. The van der Waals surface area contributed by atoms with Gasteiger partial charge in [0.1, 0.15) is 11.9 Å². The van der Waals surface area contributed by atoms with E-state index in [4.69, 9.17) is 4.74 Å². The molecule has 0 radical (unpaired) electrons. The van der Waals surface area contributed by atoms with E-state index in [1.165, 1.54) is 12.5 Å². The van der Waals surface area contributed by atoms with Crippen molar-refractivity contribution in [3.05, 3.63) is 29.3 Å². The summed E-state index contributed by atoms with van der Waals surface area (Å²) in [6.07, 6.45) is 0.605. The zero-order chi connectivity index (χ0) is 15.6. The molecule has 0 aromatic heterocycles. The molecule has 1 aliphatic carbocycles. The lowest BCUT2D eigenvalue weighted by molar-refractivity contribution is -0.147. The number of carbonyl (C=O) groups excluding carboxylic acids is 1. The highest BCUT2D eigenvalue weighted by Crippen LogP contribution is 2.35. The van der Waals surface area contributed by atoms with E-state index in [1.807, 2.05) is 39.0 Å². The molecule has 0 saturated carbocycles. The van der Waals surface area contributed by atoms with Crippen LogP contribution in [0, 0.1) is 0 Å². The molecule has 1 aromatic carbocycles. The lowest BCUT2D eigenvalue weighted by Gasteiger charge is -2.19. The average Bonchev–Trinajstić information content (AvgIpc) is 2.74. The van der Waals surface area contributed by atoms with E-state index >= 15 is 0 Å². The van der Waals surface area contributed by atoms with Crippen LogP contribution in [0.1, 0.15) is 31.0 Å². The van der Waals surface area contributed by atoms with Gasteiger partial charge in [-0.3, -0.25) is 4.79 Å². The lowest BCUT2D eigenvalue weighted by Crippen LogP contribution is -2.29. The normalized spacial score (nSPS) is 21.1. The van der Waals surface area contributed by atoms with Crippen molar-refractivity contribution >= 4 is 17.5 Å². The smallest absolute Gasteiger partial charge is 0.302 e. The lowest BCUT2D eigenvalue weighted by atomic mass is 10.1. The maximum Gasteiger partial charge on any atom is 0.302 e. The van der Waals surface area contributed by atoms with Gasteiger partial charge in [0.2, 0.25) is 0 Å². The number of hydrogen-bond acceptors (Lipinski definition) is 4.